The SMILES string of the molecule is Cc1ccc(NC2=NCCN2)cc1C.Cl. The second-order valence-electron chi connectivity index (χ2n) is 3.58. The number of rotatable bonds is 1. The summed E-state index contributed by atoms with van der Waals surface area (Å²) in [6.45, 7) is 6.04. The Morgan fingerprint density at radius 2 is 2.07 bits per heavy atom. The van der Waals surface area contributed by atoms with Gasteiger partial charge in [-0.05, 0) is 37.1 Å². The molecule has 0 spiro atoms. The molecule has 1 aromatic rings. The number of benzene rings is 1. The summed E-state index contributed by atoms with van der Waals surface area (Å²) in [5, 5.41) is 6.43. The Hall–Kier alpha value is -1.22. The lowest BCUT2D eigenvalue weighted by Gasteiger charge is -2.08. The molecule has 1 aliphatic rings. The summed E-state index contributed by atoms with van der Waals surface area (Å²) in [6.07, 6.45) is 0. The molecule has 2 N–H and O–H groups in total. The molecule has 1 aliphatic heterocycles. The van der Waals surface area contributed by atoms with Gasteiger partial charge in [0.15, 0.2) is 5.96 Å². The second-order valence-corrected chi connectivity index (χ2v) is 3.58. The van der Waals surface area contributed by atoms with E-state index in [-0.39, 0.29) is 12.4 Å². The van der Waals surface area contributed by atoms with Crippen LogP contribution >= 0.6 is 12.4 Å². The van der Waals surface area contributed by atoms with Crippen LogP contribution in [-0.2, 0) is 0 Å². The highest BCUT2D eigenvalue weighted by Gasteiger charge is 2.04. The van der Waals surface area contributed by atoms with Crippen molar-refractivity contribution in [3.8, 4) is 0 Å². The largest absolute Gasteiger partial charge is 0.354 e. The number of aliphatic imine (C=N–C) groups is 1. The Balaban J connectivity index is 0.00000112. The third-order valence-corrected chi connectivity index (χ3v) is 2.44. The Kier molecular flexibility index (Phi) is 3.97. The Bertz CT molecular complexity index is 374. The van der Waals surface area contributed by atoms with E-state index in [1.807, 2.05) is 0 Å². The van der Waals surface area contributed by atoms with Gasteiger partial charge in [-0.3, -0.25) is 4.99 Å². The molecule has 0 aromatic heterocycles. The van der Waals surface area contributed by atoms with E-state index in [2.05, 4.69) is 47.7 Å². The van der Waals surface area contributed by atoms with Crippen LogP contribution in [0.3, 0.4) is 0 Å². The van der Waals surface area contributed by atoms with Crippen LogP contribution in [0.1, 0.15) is 11.1 Å². The fourth-order valence-corrected chi connectivity index (χ4v) is 1.44. The van der Waals surface area contributed by atoms with Crippen molar-refractivity contribution in [3.63, 3.8) is 0 Å². The second kappa shape index (κ2) is 5.03. The van der Waals surface area contributed by atoms with Gasteiger partial charge in [-0.1, -0.05) is 6.07 Å². The fourth-order valence-electron chi connectivity index (χ4n) is 1.44. The van der Waals surface area contributed by atoms with Crippen molar-refractivity contribution in [2.24, 2.45) is 4.99 Å². The molecule has 0 saturated heterocycles. The van der Waals surface area contributed by atoms with Crippen LogP contribution in [0.2, 0.25) is 0 Å². The van der Waals surface area contributed by atoms with Crippen molar-refractivity contribution in [2.45, 2.75) is 13.8 Å². The lowest BCUT2D eigenvalue weighted by Crippen LogP contribution is -2.26. The van der Waals surface area contributed by atoms with Crippen LogP contribution in [0, 0.1) is 13.8 Å². The molecule has 1 heterocycles. The van der Waals surface area contributed by atoms with E-state index in [0.29, 0.717) is 0 Å². The zero-order valence-corrected chi connectivity index (χ0v) is 9.82. The third-order valence-electron chi connectivity index (χ3n) is 2.44. The summed E-state index contributed by atoms with van der Waals surface area (Å²) in [5.41, 5.74) is 3.71. The van der Waals surface area contributed by atoms with E-state index >= 15 is 0 Å². The fraction of sp³-hybridized carbons (Fsp3) is 0.364. The maximum absolute atomic E-state index is 4.28. The van der Waals surface area contributed by atoms with Crippen molar-refractivity contribution >= 4 is 24.1 Å². The van der Waals surface area contributed by atoms with Gasteiger partial charge in [-0.25, -0.2) is 0 Å². The van der Waals surface area contributed by atoms with E-state index in [9.17, 15) is 0 Å². The molecular weight excluding hydrogens is 210 g/mol. The first-order valence-electron chi connectivity index (χ1n) is 4.88. The molecule has 2 rings (SSSR count). The monoisotopic (exact) mass is 225 g/mol. The summed E-state index contributed by atoms with van der Waals surface area (Å²) in [4.78, 5) is 4.28. The molecule has 0 amide bonds. The molecule has 0 aliphatic carbocycles. The molecule has 0 saturated carbocycles. The molecule has 82 valence electrons. The molecule has 0 atom stereocenters. The van der Waals surface area contributed by atoms with Crippen LogP contribution < -0.4 is 10.6 Å². The minimum absolute atomic E-state index is 0. The first kappa shape index (κ1) is 11.9. The van der Waals surface area contributed by atoms with Gasteiger partial charge in [0, 0.05) is 12.2 Å². The Morgan fingerprint density at radius 3 is 2.67 bits per heavy atom. The van der Waals surface area contributed by atoms with Crippen LogP contribution in [0.4, 0.5) is 5.69 Å². The van der Waals surface area contributed by atoms with Crippen LogP contribution in [0.25, 0.3) is 0 Å². The highest BCUT2D eigenvalue weighted by atomic mass is 35.5. The number of guanidine groups is 1. The van der Waals surface area contributed by atoms with Crippen molar-refractivity contribution in [3.05, 3.63) is 29.3 Å². The molecule has 0 unspecified atom stereocenters. The maximum atomic E-state index is 4.28. The highest BCUT2D eigenvalue weighted by Crippen LogP contribution is 2.14. The zero-order valence-electron chi connectivity index (χ0n) is 9.00. The summed E-state index contributed by atoms with van der Waals surface area (Å²) >= 11 is 0. The molecule has 0 radical (unpaired) electrons. The minimum atomic E-state index is 0. The van der Waals surface area contributed by atoms with Gasteiger partial charge in [-0.15, -0.1) is 12.4 Å². The van der Waals surface area contributed by atoms with Gasteiger partial charge in [0.1, 0.15) is 0 Å². The highest BCUT2D eigenvalue weighted by molar-refractivity contribution is 5.94. The average molecular weight is 226 g/mol. The number of hydrogen-bond acceptors (Lipinski definition) is 3. The van der Waals surface area contributed by atoms with Gasteiger partial charge in [0.2, 0.25) is 0 Å². The van der Waals surface area contributed by atoms with Crippen LogP contribution in [0.5, 0.6) is 0 Å². The Morgan fingerprint density at radius 1 is 1.27 bits per heavy atom. The Labute approximate surface area is 96.4 Å². The maximum Gasteiger partial charge on any atom is 0.195 e. The topological polar surface area (TPSA) is 36.4 Å². The summed E-state index contributed by atoms with van der Waals surface area (Å²) in [5.74, 6) is 0.883. The lowest BCUT2D eigenvalue weighted by atomic mass is 10.1. The van der Waals surface area contributed by atoms with Gasteiger partial charge in [-0.2, -0.15) is 0 Å². The van der Waals surface area contributed by atoms with Gasteiger partial charge in [0.05, 0.1) is 6.54 Å². The summed E-state index contributed by atoms with van der Waals surface area (Å²) in [7, 11) is 0. The third kappa shape index (κ3) is 2.86. The predicted molar refractivity (Wildman–Crippen MR) is 67.1 cm³/mol. The lowest BCUT2D eigenvalue weighted by molar-refractivity contribution is 0.959. The number of anilines is 1. The van der Waals surface area contributed by atoms with E-state index in [0.717, 1.165) is 24.7 Å². The van der Waals surface area contributed by atoms with Crippen LogP contribution in [-0.4, -0.2) is 19.0 Å². The van der Waals surface area contributed by atoms with Crippen molar-refractivity contribution in [1.29, 1.82) is 0 Å². The number of hydrogen-bond donors (Lipinski definition) is 2. The van der Waals surface area contributed by atoms with Crippen molar-refractivity contribution in [2.75, 3.05) is 18.4 Å². The predicted octanol–water partition coefficient (Wildman–Crippen LogP) is 2.10. The normalized spacial score (nSPS) is 13.9. The number of nitrogens with one attached hydrogen (secondary N) is 2. The number of halogens is 1. The van der Waals surface area contributed by atoms with Crippen LogP contribution in [0.15, 0.2) is 23.2 Å². The smallest absolute Gasteiger partial charge is 0.195 e. The summed E-state index contributed by atoms with van der Waals surface area (Å²) in [6, 6.07) is 6.33. The molecule has 1 aromatic carbocycles. The molecule has 3 nitrogen and oxygen atoms in total. The standard InChI is InChI=1S/C11H15N3.ClH/c1-8-3-4-10(7-9(8)2)14-11-12-5-6-13-11;/h3-4,7H,5-6H2,1-2H3,(H2,12,13,14);1H. The van der Waals surface area contributed by atoms with E-state index in [1.165, 1.54) is 11.1 Å². The summed E-state index contributed by atoms with van der Waals surface area (Å²) < 4.78 is 0. The first-order valence-corrected chi connectivity index (χ1v) is 4.88. The number of nitrogens with zero attached hydrogens (tertiary/aromatic N) is 1. The molecule has 0 fully saturated rings. The van der Waals surface area contributed by atoms with Gasteiger partial charge in [0.25, 0.3) is 0 Å². The van der Waals surface area contributed by atoms with Crippen molar-refractivity contribution < 1.29 is 0 Å². The minimum Gasteiger partial charge on any atom is -0.354 e. The quantitative estimate of drug-likeness (QED) is 0.768. The van der Waals surface area contributed by atoms with E-state index in [1.54, 1.807) is 0 Å². The number of aryl methyl sites for hydroxylation is 2. The van der Waals surface area contributed by atoms with Gasteiger partial charge >= 0.3 is 0 Å². The molecular formula is C11H16ClN3. The zero-order chi connectivity index (χ0) is 9.97. The van der Waals surface area contributed by atoms with E-state index < -0.39 is 0 Å². The average Bonchev–Trinajstić information content (AvgIpc) is 2.64. The molecule has 15 heavy (non-hydrogen) atoms. The first-order chi connectivity index (χ1) is 6.75. The molecule has 0 bridgehead atoms. The molecule has 4 heteroatoms. The van der Waals surface area contributed by atoms with E-state index in [4.69, 9.17) is 0 Å². The van der Waals surface area contributed by atoms with Gasteiger partial charge < -0.3 is 10.6 Å². The van der Waals surface area contributed by atoms with Crippen molar-refractivity contribution in [1.82, 2.24) is 5.32 Å².